The minimum atomic E-state index is 0.526. The van der Waals surface area contributed by atoms with E-state index in [2.05, 4.69) is 29.0 Å². The molecule has 0 aliphatic carbocycles. The first kappa shape index (κ1) is 14.0. The van der Waals surface area contributed by atoms with E-state index in [9.17, 15) is 0 Å². The number of benzene rings is 2. The number of aryl methyl sites for hydroxylation is 1. The van der Waals surface area contributed by atoms with Crippen molar-refractivity contribution >= 4 is 22.8 Å². The molecule has 4 nitrogen and oxygen atoms in total. The molecule has 0 spiro atoms. The first-order chi connectivity index (χ1) is 10.2. The summed E-state index contributed by atoms with van der Waals surface area (Å²) in [4.78, 5) is 9.11. The minimum absolute atomic E-state index is 0.526. The number of rotatable bonds is 4. The lowest BCUT2D eigenvalue weighted by Crippen LogP contribution is -1.99. The van der Waals surface area contributed by atoms with Crippen LogP contribution < -0.4 is 10.5 Å². The maximum atomic E-state index is 5.83. The zero-order valence-electron chi connectivity index (χ0n) is 12.0. The second kappa shape index (κ2) is 5.79. The molecule has 2 aromatic carbocycles. The molecular weight excluding hydrogens is 282 g/mol. The van der Waals surface area contributed by atoms with Crippen molar-refractivity contribution in [2.24, 2.45) is 5.73 Å². The Balaban J connectivity index is 1.98. The number of methoxy groups -OCH3 is 1. The molecule has 0 unspecified atom stereocenters. The van der Waals surface area contributed by atoms with Crippen molar-refractivity contribution in [2.45, 2.75) is 23.5 Å². The molecule has 0 bridgehead atoms. The normalized spacial score (nSPS) is 11.0. The summed E-state index contributed by atoms with van der Waals surface area (Å²) in [6, 6.07) is 12.0. The molecule has 21 heavy (non-hydrogen) atoms. The van der Waals surface area contributed by atoms with Crippen molar-refractivity contribution in [1.82, 2.24) is 9.97 Å². The van der Waals surface area contributed by atoms with Gasteiger partial charge in [-0.2, -0.15) is 0 Å². The number of H-pyrrole nitrogens is 1. The van der Waals surface area contributed by atoms with Gasteiger partial charge >= 0.3 is 0 Å². The van der Waals surface area contributed by atoms with Gasteiger partial charge in [0.05, 0.1) is 18.1 Å². The highest BCUT2D eigenvalue weighted by molar-refractivity contribution is 7.99. The predicted octanol–water partition coefficient (Wildman–Crippen LogP) is 3.49. The van der Waals surface area contributed by atoms with Gasteiger partial charge in [-0.25, -0.2) is 4.98 Å². The van der Waals surface area contributed by atoms with Gasteiger partial charge in [-0.3, -0.25) is 0 Å². The number of fused-ring (bicyclic) bond motifs is 1. The SMILES string of the molecule is COc1ccc2nc(Sc3c(C)cccc3CN)[nH]c2c1. The third-order valence-electron chi connectivity index (χ3n) is 3.38. The number of aromatic nitrogens is 2. The van der Waals surface area contributed by atoms with Crippen LogP contribution in [0.2, 0.25) is 0 Å². The summed E-state index contributed by atoms with van der Waals surface area (Å²) in [5, 5.41) is 0.863. The minimum Gasteiger partial charge on any atom is -0.497 e. The number of aromatic amines is 1. The highest BCUT2D eigenvalue weighted by Crippen LogP contribution is 2.33. The molecule has 0 amide bonds. The van der Waals surface area contributed by atoms with Crippen LogP contribution in [0.5, 0.6) is 5.75 Å². The summed E-state index contributed by atoms with van der Waals surface area (Å²) in [6.07, 6.45) is 0. The zero-order valence-corrected chi connectivity index (χ0v) is 12.8. The van der Waals surface area contributed by atoms with Crippen LogP contribution in [0.25, 0.3) is 11.0 Å². The molecule has 0 saturated carbocycles. The first-order valence-corrected chi connectivity index (χ1v) is 7.53. The van der Waals surface area contributed by atoms with E-state index in [0.29, 0.717) is 6.54 Å². The Morgan fingerprint density at radius 3 is 2.90 bits per heavy atom. The van der Waals surface area contributed by atoms with Crippen LogP contribution in [0.4, 0.5) is 0 Å². The van der Waals surface area contributed by atoms with Crippen LogP contribution in [-0.4, -0.2) is 17.1 Å². The fourth-order valence-electron chi connectivity index (χ4n) is 2.26. The van der Waals surface area contributed by atoms with Gasteiger partial charge in [0.15, 0.2) is 5.16 Å². The fraction of sp³-hybridized carbons (Fsp3) is 0.188. The van der Waals surface area contributed by atoms with Crippen LogP contribution in [0.1, 0.15) is 11.1 Å². The van der Waals surface area contributed by atoms with Crippen molar-refractivity contribution in [1.29, 1.82) is 0 Å². The lowest BCUT2D eigenvalue weighted by molar-refractivity contribution is 0.415. The number of ether oxygens (including phenoxy) is 1. The predicted molar refractivity (Wildman–Crippen MR) is 85.8 cm³/mol. The summed E-state index contributed by atoms with van der Waals surface area (Å²) in [6.45, 7) is 2.62. The number of nitrogens with two attached hydrogens (primary N) is 1. The molecule has 0 atom stereocenters. The molecule has 0 radical (unpaired) electrons. The molecule has 108 valence electrons. The van der Waals surface area contributed by atoms with E-state index < -0.39 is 0 Å². The third-order valence-corrected chi connectivity index (χ3v) is 4.55. The van der Waals surface area contributed by atoms with E-state index >= 15 is 0 Å². The molecule has 3 rings (SSSR count). The summed E-state index contributed by atoms with van der Waals surface area (Å²) >= 11 is 1.62. The van der Waals surface area contributed by atoms with Gasteiger partial charge in [-0.15, -0.1) is 0 Å². The molecule has 0 fully saturated rings. The fourth-order valence-corrected chi connectivity index (χ4v) is 3.27. The van der Waals surface area contributed by atoms with Gasteiger partial charge in [0.1, 0.15) is 5.75 Å². The number of hydrogen-bond donors (Lipinski definition) is 2. The summed E-state index contributed by atoms with van der Waals surface area (Å²) in [7, 11) is 1.66. The number of nitrogens with zero attached hydrogens (tertiary/aromatic N) is 1. The number of nitrogens with one attached hydrogen (secondary N) is 1. The van der Waals surface area contributed by atoms with Crippen molar-refractivity contribution < 1.29 is 4.74 Å². The highest BCUT2D eigenvalue weighted by Gasteiger charge is 2.10. The second-order valence-corrected chi connectivity index (χ2v) is 5.79. The van der Waals surface area contributed by atoms with E-state index in [1.165, 1.54) is 10.5 Å². The lowest BCUT2D eigenvalue weighted by atomic mass is 10.1. The third kappa shape index (κ3) is 2.75. The lowest BCUT2D eigenvalue weighted by Gasteiger charge is -2.08. The maximum Gasteiger partial charge on any atom is 0.171 e. The highest BCUT2D eigenvalue weighted by atomic mass is 32.2. The quantitative estimate of drug-likeness (QED) is 0.774. The first-order valence-electron chi connectivity index (χ1n) is 6.71. The van der Waals surface area contributed by atoms with Crippen molar-refractivity contribution in [2.75, 3.05) is 7.11 Å². The van der Waals surface area contributed by atoms with E-state index in [1.54, 1.807) is 18.9 Å². The summed E-state index contributed by atoms with van der Waals surface area (Å²) < 4.78 is 5.23. The van der Waals surface area contributed by atoms with Crippen LogP contribution in [0.3, 0.4) is 0 Å². The molecule has 1 aromatic heterocycles. The van der Waals surface area contributed by atoms with Gasteiger partial charge in [0.25, 0.3) is 0 Å². The van der Waals surface area contributed by atoms with Crippen LogP contribution in [-0.2, 0) is 6.54 Å². The van der Waals surface area contributed by atoms with Crippen molar-refractivity contribution in [3.8, 4) is 5.75 Å². The van der Waals surface area contributed by atoms with Crippen molar-refractivity contribution in [3.63, 3.8) is 0 Å². The molecule has 0 aliphatic heterocycles. The van der Waals surface area contributed by atoms with Crippen LogP contribution >= 0.6 is 11.8 Å². The Labute approximate surface area is 127 Å². The topological polar surface area (TPSA) is 63.9 Å². The van der Waals surface area contributed by atoms with Crippen LogP contribution in [0.15, 0.2) is 46.5 Å². The Morgan fingerprint density at radius 1 is 1.29 bits per heavy atom. The smallest absolute Gasteiger partial charge is 0.171 e. The standard InChI is InChI=1S/C16H17N3OS/c1-10-4-3-5-11(9-17)15(10)21-16-18-13-7-6-12(20-2)8-14(13)19-16/h3-8H,9,17H2,1-2H3,(H,18,19). The Bertz CT molecular complexity index is 782. The molecular formula is C16H17N3OS. The maximum absolute atomic E-state index is 5.83. The zero-order chi connectivity index (χ0) is 14.8. The van der Waals surface area contributed by atoms with Gasteiger partial charge in [-0.05, 0) is 30.2 Å². The van der Waals surface area contributed by atoms with Gasteiger partial charge in [0.2, 0.25) is 0 Å². The van der Waals surface area contributed by atoms with E-state index in [4.69, 9.17) is 10.5 Å². The van der Waals surface area contributed by atoms with Crippen molar-refractivity contribution in [3.05, 3.63) is 47.5 Å². The Kier molecular flexibility index (Phi) is 3.86. The summed E-state index contributed by atoms with van der Waals surface area (Å²) in [5.41, 5.74) is 10.1. The molecule has 1 heterocycles. The van der Waals surface area contributed by atoms with Gasteiger partial charge in [0, 0.05) is 17.5 Å². The largest absolute Gasteiger partial charge is 0.497 e. The summed E-state index contributed by atoms with van der Waals surface area (Å²) in [5.74, 6) is 0.821. The van der Waals surface area contributed by atoms with Gasteiger partial charge in [-0.1, -0.05) is 30.0 Å². The van der Waals surface area contributed by atoms with E-state index in [-0.39, 0.29) is 0 Å². The second-order valence-electron chi connectivity index (χ2n) is 4.79. The van der Waals surface area contributed by atoms with Crippen LogP contribution in [0, 0.1) is 6.92 Å². The molecule has 3 aromatic rings. The molecule has 5 heteroatoms. The number of hydrogen-bond acceptors (Lipinski definition) is 4. The van der Waals surface area contributed by atoms with Gasteiger partial charge < -0.3 is 15.5 Å². The van der Waals surface area contributed by atoms with E-state index in [1.807, 2.05) is 24.3 Å². The molecule has 0 saturated heterocycles. The Hall–Kier alpha value is -1.98. The monoisotopic (exact) mass is 299 g/mol. The average Bonchev–Trinajstić information content (AvgIpc) is 2.90. The molecule has 0 aliphatic rings. The number of imidazole rings is 1. The average molecular weight is 299 g/mol. The Morgan fingerprint density at radius 2 is 2.14 bits per heavy atom. The van der Waals surface area contributed by atoms with E-state index in [0.717, 1.165) is 27.5 Å². The molecule has 3 N–H and O–H groups in total.